The van der Waals surface area contributed by atoms with Gasteiger partial charge in [-0.15, -0.1) is 0 Å². The van der Waals surface area contributed by atoms with Gasteiger partial charge in [-0.3, -0.25) is 0 Å². The molecule has 0 fully saturated rings. The van der Waals surface area contributed by atoms with Gasteiger partial charge in [0.15, 0.2) is 0 Å². The number of ether oxygens (including phenoxy) is 1. The number of rotatable bonds is 17. The molecule has 0 aromatic carbocycles. The molecule has 0 saturated carbocycles. The van der Waals surface area contributed by atoms with Gasteiger partial charge in [0.1, 0.15) is 12.9 Å². The molecule has 21 heavy (non-hydrogen) atoms. The van der Waals surface area contributed by atoms with Crippen molar-refractivity contribution >= 4 is 0 Å². The van der Waals surface area contributed by atoms with E-state index in [-0.39, 0.29) is 13.2 Å². The van der Waals surface area contributed by atoms with E-state index in [9.17, 15) is 0 Å². The molecule has 0 aromatic rings. The number of aliphatic hydroxyl groups excluding tert-OH is 1. The molecule has 0 bridgehead atoms. The van der Waals surface area contributed by atoms with Gasteiger partial charge in [0.2, 0.25) is 0 Å². The van der Waals surface area contributed by atoms with E-state index in [2.05, 4.69) is 55.1 Å². The molecule has 0 radical (unpaired) electrons. The molecule has 0 heterocycles. The largest absolute Gasteiger partial charge is 0.392 e. The minimum absolute atomic E-state index is 0.111. The Morgan fingerprint density at radius 2 is 1.38 bits per heavy atom. The van der Waals surface area contributed by atoms with Crippen LogP contribution in [0.1, 0.15) is 13.3 Å². The highest BCUT2D eigenvalue weighted by atomic mass is 17.9. The number of hydrogen-bond acceptors (Lipinski definition) is 13. The van der Waals surface area contributed by atoms with Crippen molar-refractivity contribution in [2.24, 2.45) is 0 Å². The fourth-order valence-corrected chi connectivity index (χ4v) is 0.593. The van der Waals surface area contributed by atoms with Gasteiger partial charge in [-0.25, -0.2) is 4.89 Å². The maximum absolute atomic E-state index is 8.29. The van der Waals surface area contributed by atoms with Gasteiger partial charge in [0.25, 0.3) is 0 Å². The third kappa shape index (κ3) is 19.1. The van der Waals surface area contributed by atoms with E-state index < -0.39 is 0 Å². The molecule has 0 atom stereocenters. The van der Waals surface area contributed by atoms with Gasteiger partial charge in [-0.05, 0) is 32.6 Å². The zero-order valence-corrected chi connectivity index (χ0v) is 11.0. The summed E-state index contributed by atoms with van der Waals surface area (Å²) < 4.78 is 5.05. The molecular formula is C8H16O13. The van der Waals surface area contributed by atoms with E-state index in [1.54, 1.807) is 0 Å². The van der Waals surface area contributed by atoms with E-state index >= 15 is 0 Å². The Morgan fingerprint density at radius 3 is 2.00 bits per heavy atom. The maximum atomic E-state index is 8.29. The van der Waals surface area contributed by atoms with Crippen LogP contribution in [0.5, 0.6) is 0 Å². The molecule has 1 N–H and O–H groups in total. The Labute approximate surface area is 118 Å². The molecule has 0 aliphatic heterocycles. The standard InChI is InChI=1S/C8H16O13/c1-2-5-10-7-8-12-14-16-18-20-21-19-17-15-13-11-6-3-4-9/h3,6,9H,2,4-5,7-8H2,1H3/b6-3+. The lowest BCUT2D eigenvalue weighted by molar-refractivity contribution is -0.853. The highest BCUT2D eigenvalue weighted by Gasteiger charge is 1.97. The Balaban J connectivity index is 2.95. The highest BCUT2D eigenvalue weighted by molar-refractivity contribution is 4.69. The number of aliphatic hydroxyl groups is 1. The van der Waals surface area contributed by atoms with Crippen molar-refractivity contribution in [2.75, 3.05) is 26.4 Å². The van der Waals surface area contributed by atoms with Crippen molar-refractivity contribution in [3.63, 3.8) is 0 Å². The van der Waals surface area contributed by atoms with E-state index in [4.69, 9.17) is 9.84 Å². The van der Waals surface area contributed by atoms with E-state index in [1.807, 2.05) is 6.92 Å². The van der Waals surface area contributed by atoms with Gasteiger partial charge in [0, 0.05) is 31.8 Å². The van der Waals surface area contributed by atoms with Crippen molar-refractivity contribution in [2.45, 2.75) is 13.3 Å². The molecule has 0 amide bonds. The fourth-order valence-electron chi connectivity index (χ4n) is 0.593. The SMILES string of the molecule is CCCOCCOOOOOOOOOOO/C=C/CO. The lowest BCUT2D eigenvalue weighted by Gasteiger charge is -2.01. The van der Waals surface area contributed by atoms with E-state index in [0.717, 1.165) is 12.7 Å². The lowest BCUT2D eigenvalue weighted by atomic mass is 10.5. The molecule has 13 heteroatoms. The quantitative estimate of drug-likeness (QED) is 0.170. The second-order valence-electron chi connectivity index (χ2n) is 2.70. The van der Waals surface area contributed by atoms with Gasteiger partial charge in [-0.1, -0.05) is 6.92 Å². The molecule has 0 saturated heterocycles. The average Bonchev–Trinajstić information content (AvgIpc) is 2.50. The van der Waals surface area contributed by atoms with Crippen LogP contribution in [-0.2, 0) is 59.9 Å². The Bertz CT molecular complexity index is 212. The molecule has 0 aliphatic rings. The van der Waals surface area contributed by atoms with Crippen LogP contribution >= 0.6 is 0 Å². The highest BCUT2D eigenvalue weighted by Crippen LogP contribution is 1.91. The van der Waals surface area contributed by atoms with Crippen LogP contribution in [0.3, 0.4) is 0 Å². The normalized spacial score (nSPS) is 11.3. The first-order valence-electron chi connectivity index (χ1n) is 5.53. The monoisotopic (exact) mass is 320 g/mol. The van der Waals surface area contributed by atoms with Crippen LogP contribution in [0.2, 0.25) is 0 Å². The molecule has 0 aromatic heterocycles. The van der Waals surface area contributed by atoms with Gasteiger partial charge >= 0.3 is 0 Å². The minimum atomic E-state index is -0.243. The van der Waals surface area contributed by atoms with Crippen molar-refractivity contribution in [1.82, 2.24) is 0 Å². The van der Waals surface area contributed by atoms with Gasteiger partial charge < -0.3 is 14.7 Å². The van der Waals surface area contributed by atoms with Crippen LogP contribution in [0.15, 0.2) is 12.3 Å². The smallest absolute Gasteiger partial charge is 0.131 e. The van der Waals surface area contributed by atoms with E-state index in [0.29, 0.717) is 13.2 Å². The third-order valence-corrected chi connectivity index (χ3v) is 1.23. The minimum Gasteiger partial charge on any atom is -0.392 e. The Morgan fingerprint density at radius 1 is 0.762 bits per heavy atom. The summed E-state index contributed by atoms with van der Waals surface area (Å²) in [5.41, 5.74) is 0. The zero-order valence-electron chi connectivity index (χ0n) is 11.0. The summed E-state index contributed by atoms with van der Waals surface area (Å²) in [6.07, 6.45) is 3.06. The van der Waals surface area contributed by atoms with Crippen molar-refractivity contribution in [3.8, 4) is 0 Å². The third-order valence-electron chi connectivity index (χ3n) is 1.23. The lowest BCUT2D eigenvalue weighted by Crippen LogP contribution is -2.07. The average molecular weight is 320 g/mol. The topological polar surface area (TPSA) is 131 Å². The summed E-state index contributed by atoms with van der Waals surface area (Å²) in [5.74, 6) is 0. The molecule has 13 nitrogen and oxygen atoms in total. The van der Waals surface area contributed by atoms with Gasteiger partial charge in [0.05, 0.1) is 13.2 Å². The Kier molecular flexibility index (Phi) is 18.2. The fraction of sp³-hybridized carbons (Fsp3) is 0.750. The summed E-state index contributed by atoms with van der Waals surface area (Å²) in [7, 11) is 0. The van der Waals surface area contributed by atoms with E-state index in [1.165, 1.54) is 6.08 Å². The molecular weight excluding hydrogens is 304 g/mol. The summed E-state index contributed by atoms with van der Waals surface area (Å²) in [6, 6.07) is 0. The van der Waals surface area contributed by atoms with Gasteiger partial charge in [-0.2, -0.15) is 0 Å². The van der Waals surface area contributed by atoms with Crippen molar-refractivity contribution in [1.29, 1.82) is 0 Å². The summed E-state index contributed by atoms with van der Waals surface area (Å²) in [5, 5.41) is 42.1. The molecule has 0 unspecified atom stereocenters. The summed E-state index contributed by atoms with van der Waals surface area (Å²) >= 11 is 0. The Hall–Kier alpha value is -0.940. The summed E-state index contributed by atoms with van der Waals surface area (Å²) in [6.45, 7) is 2.77. The number of hydrogen-bond donors (Lipinski definition) is 1. The molecule has 0 aliphatic carbocycles. The van der Waals surface area contributed by atoms with Crippen LogP contribution in [-0.4, -0.2) is 31.5 Å². The first-order chi connectivity index (χ1) is 10.4. The van der Waals surface area contributed by atoms with Crippen LogP contribution in [0.4, 0.5) is 0 Å². The van der Waals surface area contributed by atoms with Crippen LogP contribution in [0.25, 0.3) is 0 Å². The summed E-state index contributed by atoms with van der Waals surface area (Å²) in [4.78, 5) is 8.52. The predicted octanol–water partition coefficient (Wildman–Crippen LogP) is 0.252. The van der Waals surface area contributed by atoms with Crippen LogP contribution in [0, 0.1) is 0 Å². The zero-order chi connectivity index (χ0) is 15.4. The first kappa shape index (κ1) is 20.1. The molecule has 0 spiro atoms. The van der Waals surface area contributed by atoms with Crippen LogP contribution < -0.4 is 0 Å². The van der Waals surface area contributed by atoms with Crippen molar-refractivity contribution in [3.05, 3.63) is 12.3 Å². The predicted molar refractivity (Wildman–Crippen MR) is 54.1 cm³/mol. The second-order valence-corrected chi connectivity index (χ2v) is 2.70. The molecule has 126 valence electrons. The van der Waals surface area contributed by atoms with Crippen molar-refractivity contribution < 1.29 is 65.0 Å². The molecule has 0 rings (SSSR count). The first-order valence-corrected chi connectivity index (χ1v) is 5.53. The second kappa shape index (κ2) is 19.1. The maximum Gasteiger partial charge on any atom is 0.131 e.